The van der Waals surface area contributed by atoms with E-state index in [1.54, 1.807) is 0 Å². The van der Waals surface area contributed by atoms with Gasteiger partial charge in [0.25, 0.3) is 0 Å². The van der Waals surface area contributed by atoms with Crippen molar-refractivity contribution in [1.29, 1.82) is 0 Å². The summed E-state index contributed by atoms with van der Waals surface area (Å²) in [6.07, 6.45) is 5.38. The van der Waals surface area contributed by atoms with Crippen LogP contribution in [0.25, 0.3) is 0 Å². The summed E-state index contributed by atoms with van der Waals surface area (Å²) in [6, 6.07) is 1.46. The monoisotopic (exact) mass is 295 g/mol. The van der Waals surface area contributed by atoms with Crippen LogP contribution in [-0.2, 0) is 0 Å². The minimum atomic E-state index is 0.710. The van der Waals surface area contributed by atoms with Gasteiger partial charge in [0.1, 0.15) is 0 Å². The second-order valence-electron chi connectivity index (χ2n) is 7.79. The maximum Gasteiger partial charge on any atom is 0.0220 e. The Hall–Kier alpha value is -0.120. The number of rotatable bonds is 4. The van der Waals surface area contributed by atoms with Crippen LogP contribution in [0.4, 0.5) is 0 Å². The maximum atomic E-state index is 3.62. The van der Waals surface area contributed by atoms with Gasteiger partial charge in [0.2, 0.25) is 0 Å². The molecule has 0 aromatic heterocycles. The summed E-state index contributed by atoms with van der Waals surface area (Å²) in [5, 5.41) is 3.62. The van der Waals surface area contributed by atoms with E-state index in [0.29, 0.717) is 6.04 Å². The molecule has 0 aromatic rings. The van der Waals surface area contributed by atoms with E-state index in [1.807, 2.05) is 0 Å². The zero-order valence-corrected chi connectivity index (χ0v) is 14.9. The number of hydrogen-bond acceptors (Lipinski definition) is 3. The first-order valence-corrected chi connectivity index (χ1v) is 9.15. The summed E-state index contributed by atoms with van der Waals surface area (Å²) in [5.74, 6) is 2.55. The molecule has 21 heavy (non-hydrogen) atoms. The van der Waals surface area contributed by atoms with Gasteiger partial charge in [-0.3, -0.25) is 4.90 Å². The van der Waals surface area contributed by atoms with E-state index in [4.69, 9.17) is 0 Å². The van der Waals surface area contributed by atoms with Gasteiger partial charge in [0.15, 0.2) is 0 Å². The molecule has 0 amide bonds. The zero-order chi connectivity index (χ0) is 15.4. The standard InChI is InChI=1S/C18H37N3/c1-6-16-12-20(5)8-7-9-21(16)13-17-15(3)10-14(2)11-18(17)19-4/h14-19H,6-13H2,1-5H3. The quantitative estimate of drug-likeness (QED) is 0.860. The van der Waals surface area contributed by atoms with Crippen LogP contribution < -0.4 is 5.32 Å². The molecular formula is C18H37N3. The Bertz CT molecular complexity index is 307. The molecule has 124 valence electrons. The fraction of sp³-hybridized carbons (Fsp3) is 1.00. The van der Waals surface area contributed by atoms with Crippen molar-refractivity contribution in [1.82, 2.24) is 15.1 Å². The third-order valence-electron chi connectivity index (χ3n) is 5.99. The van der Waals surface area contributed by atoms with E-state index in [9.17, 15) is 0 Å². The molecule has 5 unspecified atom stereocenters. The summed E-state index contributed by atoms with van der Waals surface area (Å²) >= 11 is 0. The predicted molar refractivity (Wildman–Crippen MR) is 91.7 cm³/mol. The largest absolute Gasteiger partial charge is 0.317 e. The maximum absolute atomic E-state index is 3.62. The summed E-state index contributed by atoms with van der Waals surface area (Å²) in [7, 11) is 4.45. The van der Waals surface area contributed by atoms with Crippen LogP contribution in [-0.4, -0.2) is 62.2 Å². The van der Waals surface area contributed by atoms with Crippen molar-refractivity contribution in [3.05, 3.63) is 0 Å². The number of nitrogens with one attached hydrogen (secondary N) is 1. The fourth-order valence-corrected chi connectivity index (χ4v) is 4.74. The molecule has 3 heteroatoms. The molecule has 0 bridgehead atoms. The number of likely N-dealkylation sites (N-methyl/N-ethyl adjacent to an activating group) is 1. The molecule has 5 atom stereocenters. The second kappa shape index (κ2) is 7.94. The van der Waals surface area contributed by atoms with Crippen molar-refractivity contribution in [2.75, 3.05) is 40.3 Å². The van der Waals surface area contributed by atoms with Crippen LogP contribution >= 0.6 is 0 Å². The molecule has 1 heterocycles. The lowest BCUT2D eigenvalue weighted by Gasteiger charge is -2.43. The predicted octanol–water partition coefficient (Wildman–Crippen LogP) is 2.67. The van der Waals surface area contributed by atoms with Crippen molar-refractivity contribution >= 4 is 0 Å². The highest BCUT2D eigenvalue weighted by Crippen LogP contribution is 2.34. The van der Waals surface area contributed by atoms with Crippen molar-refractivity contribution in [2.24, 2.45) is 17.8 Å². The Kier molecular flexibility index (Phi) is 6.51. The van der Waals surface area contributed by atoms with E-state index >= 15 is 0 Å². The Morgan fingerprint density at radius 2 is 1.90 bits per heavy atom. The minimum Gasteiger partial charge on any atom is -0.317 e. The first-order valence-electron chi connectivity index (χ1n) is 9.15. The molecule has 2 rings (SSSR count). The van der Waals surface area contributed by atoms with E-state index in [-0.39, 0.29) is 0 Å². The Balaban J connectivity index is 2.03. The van der Waals surface area contributed by atoms with Gasteiger partial charge in [-0.1, -0.05) is 20.8 Å². The van der Waals surface area contributed by atoms with Crippen molar-refractivity contribution in [3.63, 3.8) is 0 Å². The van der Waals surface area contributed by atoms with Crippen LogP contribution in [0.15, 0.2) is 0 Å². The van der Waals surface area contributed by atoms with Gasteiger partial charge in [0.05, 0.1) is 0 Å². The van der Waals surface area contributed by atoms with E-state index in [1.165, 1.54) is 51.9 Å². The lowest BCUT2D eigenvalue weighted by atomic mass is 9.72. The lowest BCUT2D eigenvalue weighted by molar-refractivity contribution is 0.0812. The fourth-order valence-electron chi connectivity index (χ4n) is 4.74. The third kappa shape index (κ3) is 4.43. The highest BCUT2D eigenvalue weighted by atomic mass is 15.2. The van der Waals surface area contributed by atoms with Crippen LogP contribution in [0, 0.1) is 17.8 Å². The molecule has 1 saturated carbocycles. The topological polar surface area (TPSA) is 18.5 Å². The lowest BCUT2D eigenvalue weighted by Crippen LogP contribution is -2.50. The van der Waals surface area contributed by atoms with E-state index in [2.05, 4.69) is 50.0 Å². The summed E-state index contributed by atoms with van der Waals surface area (Å²) in [6.45, 7) is 12.4. The second-order valence-corrected chi connectivity index (χ2v) is 7.79. The Labute approximate surface area is 132 Å². The first kappa shape index (κ1) is 17.2. The minimum absolute atomic E-state index is 0.710. The smallest absolute Gasteiger partial charge is 0.0220 e. The average molecular weight is 296 g/mol. The summed E-state index contributed by atoms with van der Waals surface area (Å²) < 4.78 is 0. The van der Waals surface area contributed by atoms with Crippen molar-refractivity contribution in [2.45, 2.75) is 58.5 Å². The highest BCUT2D eigenvalue weighted by Gasteiger charge is 2.35. The molecule has 1 aliphatic heterocycles. The molecule has 0 spiro atoms. The average Bonchev–Trinajstić information content (AvgIpc) is 2.62. The highest BCUT2D eigenvalue weighted by molar-refractivity contribution is 4.90. The van der Waals surface area contributed by atoms with E-state index < -0.39 is 0 Å². The Morgan fingerprint density at radius 1 is 1.14 bits per heavy atom. The molecule has 1 N–H and O–H groups in total. The van der Waals surface area contributed by atoms with Crippen LogP contribution in [0.2, 0.25) is 0 Å². The molecular weight excluding hydrogens is 258 g/mol. The third-order valence-corrected chi connectivity index (χ3v) is 5.99. The molecule has 2 aliphatic rings. The molecule has 0 radical (unpaired) electrons. The first-order chi connectivity index (χ1) is 10.0. The SMILES string of the molecule is CCC1CN(C)CCCN1CC1C(C)CC(C)CC1NC. The Morgan fingerprint density at radius 3 is 2.57 bits per heavy atom. The van der Waals surface area contributed by atoms with Crippen LogP contribution in [0.5, 0.6) is 0 Å². The van der Waals surface area contributed by atoms with Crippen LogP contribution in [0.1, 0.15) is 46.5 Å². The number of hydrogen-bond donors (Lipinski definition) is 1. The number of nitrogens with zero attached hydrogens (tertiary/aromatic N) is 2. The van der Waals surface area contributed by atoms with Gasteiger partial charge >= 0.3 is 0 Å². The van der Waals surface area contributed by atoms with E-state index in [0.717, 1.165) is 23.8 Å². The van der Waals surface area contributed by atoms with Crippen molar-refractivity contribution < 1.29 is 0 Å². The molecule has 1 aliphatic carbocycles. The van der Waals surface area contributed by atoms with Gasteiger partial charge < -0.3 is 10.2 Å². The molecule has 2 fully saturated rings. The van der Waals surface area contributed by atoms with Gasteiger partial charge in [0, 0.05) is 25.2 Å². The summed E-state index contributed by atoms with van der Waals surface area (Å²) in [4.78, 5) is 5.33. The zero-order valence-electron chi connectivity index (χ0n) is 14.9. The molecule has 3 nitrogen and oxygen atoms in total. The van der Waals surface area contributed by atoms with Gasteiger partial charge in [-0.05, 0) is 70.6 Å². The summed E-state index contributed by atoms with van der Waals surface area (Å²) in [5.41, 5.74) is 0. The van der Waals surface area contributed by atoms with Gasteiger partial charge in [-0.2, -0.15) is 0 Å². The van der Waals surface area contributed by atoms with Gasteiger partial charge in [-0.25, -0.2) is 0 Å². The molecule has 0 aromatic carbocycles. The molecule has 1 saturated heterocycles. The van der Waals surface area contributed by atoms with Crippen molar-refractivity contribution in [3.8, 4) is 0 Å². The normalized spacial score (nSPS) is 40.1. The van der Waals surface area contributed by atoms with Crippen LogP contribution in [0.3, 0.4) is 0 Å². The van der Waals surface area contributed by atoms with Gasteiger partial charge in [-0.15, -0.1) is 0 Å².